The van der Waals surface area contributed by atoms with Crippen LogP contribution in [0.3, 0.4) is 0 Å². The van der Waals surface area contributed by atoms with E-state index >= 15 is 0 Å². The van der Waals surface area contributed by atoms with Crippen molar-refractivity contribution in [1.29, 1.82) is 0 Å². The minimum Gasteiger partial charge on any atom is -0.480 e. The third-order valence-corrected chi connectivity index (χ3v) is 5.65. The fraction of sp³-hybridized carbons (Fsp3) is 0.591. The third kappa shape index (κ3) is 6.27. The molecule has 3 N–H and O–H groups in total. The van der Waals surface area contributed by atoms with Crippen LogP contribution in [0.5, 0.6) is 0 Å². The lowest BCUT2D eigenvalue weighted by Crippen LogP contribution is -2.63. The van der Waals surface area contributed by atoms with E-state index in [1.807, 2.05) is 32.0 Å². The molecule has 0 saturated carbocycles. The number of nitrogens with zero attached hydrogens (tertiary/aromatic N) is 2. The highest BCUT2D eigenvalue weighted by atomic mass is 16.4. The van der Waals surface area contributed by atoms with E-state index in [-0.39, 0.29) is 24.3 Å². The quantitative estimate of drug-likeness (QED) is 0.542. The molecule has 0 unspecified atom stereocenters. The number of likely N-dealkylation sites (N-methyl/N-ethyl adjacent to an activating group) is 1. The molecule has 1 aromatic rings. The summed E-state index contributed by atoms with van der Waals surface area (Å²) in [5.41, 5.74) is 1.20. The Balaban J connectivity index is 2.05. The molecule has 3 atom stereocenters. The summed E-state index contributed by atoms with van der Waals surface area (Å²) in [7, 11) is 1.67. The highest BCUT2D eigenvalue weighted by Crippen LogP contribution is 2.16. The van der Waals surface area contributed by atoms with E-state index in [1.165, 1.54) is 10.5 Å². The van der Waals surface area contributed by atoms with Gasteiger partial charge in [0.05, 0.1) is 6.04 Å². The summed E-state index contributed by atoms with van der Waals surface area (Å²) >= 11 is 0. The molecular formula is C22H34N4O4. The molecule has 1 saturated heterocycles. The van der Waals surface area contributed by atoms with Crippen LogP contribution in [0.1, 0.15) is 26.3 Å². The van der Waals surface area contributed by atoms with Crippen molar-refractivity contribution in [2.24, 2.45) is 5.92 Å². The molecule has 8 nitrogen and oxygen atoms in total. The number of hydrogen-bond acceptors (Lipinski definition) is 5. The predicted molar refractivity (Wildman–Crippen MR) is 115 cm³/mol. The summed E-state index contributed by atoms with van der Waals surface area (Å²) in [4.78, 5) is 40.9. The Bertz CT molecular complexity index is 725. The van der Waals surface area contributed by atoms with Gasteiger partial charge in [-0.25, -0.2) is 4.79 Å². The van der Waals surface area contributed by atoms with Gasteiger partial charge in [0.1, 0.15) is 12.1 Å². The first-order valence-corrected chi connectivity index (χ1v) is 10.5. The zero-order valence-electron chi connectivity index (χ0n) is 18.3. The molecular weight excluding hydrogens is 384 g/mol. The third-order valence-electron chi connectivity index (χ3n) is 5.65. The predicted octanol–water partition coefficient (Wildman–Crippen LogP) is 0.575. The Kier molecular flexibility index (Phi) is 8.80. The van der Waals surface area contributed by atoms with Crippen LogP contribution < -0.4 is 10.6 Å². The summed E-state index contributed by atoms with van der Waals surface area (Å²) in [5.74, 6) is -1.80. The van der Waals surface area contributed by atoms with Gasteiger partial charge in [0, 0.05) is 26.2 Å². The second kappa shape index (κ2) is 11.1. The molecule has 1 aromatic carbocycles. The fourth-order valence-electron chi connectivity index (χ4n) is 3.55. The maximum absolute atomic E-state index is 13.2. The first-order chi connectivity index (χ1) is 14.2. The minimum atomic E-state index is -1.02. The monoisotopic (exact) mass is 418 g/mol. The van der Waals surface area contributed by atoms with Crippen molar-refractivity contribution in [3.63, 3.8) is 0 Å². The number of rotatable bonds is 9. The number of carbonyl (C=O) groups is 3. The van der Waals surface area contributed by atoms with Crippen LogP contribution in [-0.4, -0.2) is 84.0 Å². The van der Waals surface area contributed by atoms with Crippen LogP contribution in [0.25, 0.3) is 0 Å². The number of benzene rings is 1. The molecule has 1 aliphatic heterocycles. The van der Waals surface area contributed by atoms with Gasteiger partial charge in [-0.05, 0) is 31.9 Å². The number of carbonyl (C=O) groups excluding carboxylic acids is 2. The van der Waals surface area contributed by atoms with Gasteiger partial charge in [0.2, 0.25) is 11.8 Å². The summed E-state index contributed by atoms with van der Waals surface area (Å²) < 4.78 is 0. The zero-order valence-corrected chi connectivity index (χ0v) is 18.3. The summed E-state index contributed by atoms with van der Waals surface area (Å²) in [6, 6.07) is 7.92. The van der Waals surface area contributed by atoms with Crippen LogP contribution in [0.4, 0.5) is 0 Å². The van der Waals surface area contributed by atoms with Crippen molar-refractivity contribution < 1.29 is 19.5 Å². The summed E-state index contributed by atoms with van der Waals surface area (Å²) in [6.07, 6.45) is 0.827. The fourth-order valence-corrected chi connectivity index (χ4v) is 3.55. The van der Waals surface area contributed by atoms with Crippen molar-refractivity contribution in [2.45, 2.75) is 45.3 Å². The van der Waals surface area contributed by atoms with Gasteiger partial charge < -0.3 is 20.6 Å². The molecule has 0 aromatic heterocycles. The molecule has 2 rings (SSSR count). The molecule has 0 bridgehead atoms. The Labute approximate surface area is 178 Å². The van der Waals surface area contributed by atoms with Crippen molar-refractivity contribution >= 4 is 17.8 Å². The smallest absolute Gasteiger partial charge is 0.327 e. The van der Waals surface area contributed by atoms with Crippen LogP contribution in [0.15, 0.2) is 30.3 Å². The van der Waals surface area contributed by atoms with Gasteiger partial charge in [-0.15, -0.1) is 0 Å². The zero-order chi connectivity index (χ0) is 22.3. The molecule has 1 fully saturated rings. The highest BCUT2D eigenvalue weighted by molar-refractivity contribution is 5.92. The average molecular weight is 419 g/mol. The molecule has 1 aliphatic rings. The molecule has 166 valence electrons. The summed E-state index contributed by atoms with van der Waals surface area (Å²) in [5, 5.41) is 15.4. The van der Waals surface area contributed by atoms with Crippen molar-refractivity contribution in [1.82, 2.24) is 20.4 Å². The van der Waals surface area contributed by atoms with Crippen molar-refractivity contribution in [3.05, 3.63) is 35.9 Å². The normalized spacial score (nSPS) is 19.4. The van der Waals surface area contributed by atoms with Crippen molar-refractivity contribution in [2.75, 3.05) is 33.2 Å². The van der Waals surface area contributed by atoms with Gasteiger partial charge in [0.15, 0.2) is 0 Å². The molecule has 2 amide bonds. The Hall–Kier alpha value is -2.45. The molecule has 1 heterocycles. The number of piperazine rings is 1. The maximum atomic E-state index is 13.2. The first kappa shape index (κ1) is 23.8. The second-order valence-electron chi connectivity index (χ2n) is 8.16. The SMILES string of the molecule is CN[C@@H](C)C(=O)N[C@H](C(=O)N1CCN(CCc2ccccc2)C[C@H]1C(=O)O)C(C)C. The van der Waals surface area contributed by atoms with E-state index in [1.54, 1.807) is 14.0 Å². The molecule has 0 aliphatic carbocycles. The van der Waals surface area contributed by atoms with Crippen molar-refractivity contribution in [3.8, 4) is 0 Å². The Morgan fingerprint density at radius 3 is 2.37 bits per heavy atom. The summed E-state index contributed by atoms with van der Waals surface area (Å²) in [6.45, 7) is 7.35. The van der Waals surface area contributed by atoms with Crippen LogP contribution in [0, 0.1) is 5.92 Å². The van der Waals surface area contributed by atoms with Gasteiger partial charge >= 0.3 is 5.97 Å². The van der Waals surface area contributed by atoms with E-state index in [9.17, 15) is 19.5 Å². The minimum absolute atomic E-state index is 0.156. The lowest BCUT2D eigenvalue weighted by atomic mass is 10.00. The lowest BCUT2D eigenvalue weighted by Gasteiger charge is -2.41. The molecule has 30 heavy (non-hydrogen) atoms. The Morgan fingerprint density at radius 2 is 1.80 bits per heavy atom. The number of nitrogens with one attached hydrogen (secondary N) is 2. The van der Waals surface area contributed by atoms with Gasteiger partial charge in [-0.1, -0.05) is 44.2 Å². The molecule has 8 heteroatoms. The Morgan fingerprint density at radius 1 is 1.13 bits per heavy atom. The number of amides is 2. The maximum Gasteiger partial charge on any atom is 0.327 e. The lowest BCUT2D eigenvalue weighted by molar-refractivity contribution is -0.155. The highest BCUT2D eigenvalue weighted by Gasteiger charge is 2.39. The number of hydrogen-bond donors (Lipinski definition) is 3. The largest absolute Gasteiger partial charge is 0.480 e. The van der Waals surface area contributed by atoms with E-state index in [0.29, 0.717) is 13.1 Å². The van der Waals surface area contributed by atoms with E-state index in [4.69, 9.17) is 0 Å². The van der Waals surface area contributed by atoms with Gasteiger partial charge in [-0.2, -0.15) is 0 Å². The van der Waals surface area contributed by atoms with E-state index in [2.05, 4.69) is 27.7 Å². The molecule has 0 spiro atoms. The number of carboxylic acids is 1. The number of aliphatic carboxylic acids is 1. The van der Waals surface area contributed by atoms with Crippen LogP contribution in [-0.2, 0) is 20.8 Å². The van der Waals surface area contributed by atoms with Gasteiger partial charge in [-0.3, -0.25) is 14.5 Å². The van der Waals surface area contributed by atoms with Crippen LogP contribution >= 0.6 is 0 Å². The van der Waals surface area contributed by atoms with Gasteiger partial charge in [0.25, 0.3) is 0 Å². The topological polar surface area (TPSA) is 102 Å². The average Bonchev–Trinajstić information content (AvgIpc) is 2.75. The first-order valence-electron chi connectivity index (χ1n) is 10.5. The standard InChI is InChI=1S/C22H34N4O4/c1-15(2)19(24-20(27)16(3)23-4)21(28)26-13-12-25(14-18(26)22(29)30)11-10-17-8-6-5-7-9-17/h5-9,15-16,18-19,23H,10-14H2,1-4H3,(H,24,27)(H,29,30)/t16-,18-,19-/m0/s1. The molecule has 0 radical (unpaired) electrons. The number of carboxylic acid groups (broad SMARTS) is 1. The van der Waals surface area contributed by atoms with Crippen LogP contribution in [0.2, 0.25) is 0 Å². The van der Waals surface area contributed by atoms with E-state index in [0.717, 1.165) is 13.0 Å². The van der Waals surface area contributed by atoms with E-state index < -0.39 is 24.1 Å². The second-order valence-corrected chi connectivity index (χ2v) is 8.16.